The van der Waals surface area contributed by atoms with Crippen LogP contribution in [0.1, 0.15) is 51.9 Å². The fourth-order valence-corrected chi connectivity index (χ4v) is 3.92. The second kappa shape index (κ2) is 24.4. The SMILES string of the molecule is C[C@@H]1NC(=O)CNC(=O)CNC(=O)[C@H](N=C(N)N)CCOCNC(=O)[C@H](CCCCN)NC(=O)[C@H](CCCCN)NC1=O.O=C(O)C(F)(F)F. The summed E-state index contributed by atoms with van der Waals surface area (Å²) < 4.78 is 37.2. The van der Waals surface area contributed by atoms with Gasteiger partial charge in [-0.05, 0) is 58.5 Å². The third kappa shape index (κ3) is 20.6. The summed E-state index contributed by atoms with van der Waals surface area (Å²) in [6, 6.07) is -4.11. The smallest absolute Gasteiger partial charge is 0.475 e. The number of amides is 6. The molecule has 1 saturated heterocycles. The highest BCUT2D eigenvalue weighted by atomic mass is 19.4. The van der Waals surface area contributed by atoms with Crippen LogP contribution < -0.4 is 54.8 Å². The second-order valence-corrected chi connectivity index (χ2v) is 10.7. The van der Waals surface area contributed by atoms with Crippen molar-refractivity contribution in [2.45, 2.75) is 82.2 Å². The molecular weight excluding hydrogens is 679 g/mol. The zero-order chi connectivity index (χ0) is 38.3. The van der Waals surface area contributed by atoms with Crippen LogP contribution in [0.5, 0.6) is 0 Å². The first-order chi connectivity index (χ1) is 23.4. The van der Waals surface area contributed by atoms with Gasteiger partial charge in [0.25, 0.3) is 0 Å². The minimum Gasteiger partial charge on any atom is -0.475 e. The minimum atomic E-state index is -5.08. The number of aliphatic imine (C=N–C) groups is 1. The van der Waals surface area contributed by atoms with Crippen LogP contribution in [0.3, 0.4) is 0 Å². The van der Waals surface area contributed by atoms with Gasteiger partial charge in [0.05, 0.1) is 19.7 Å². The van der Waals surface area contributed by atoms with E-state index in [-0.39, 0.29) is 38.6 Å². The maximum Gasteiger partial charge on any atom is 0.490 e. The molecule has 1 aliphatic rings. The molecule has 15 N–H and O–H groups in total. The topological polar surface area (TPSA) is 338 Å². The van der Waals surface area contributed by atoms with E-state index >= 15 is 0 Å². The van der Waals surface area contributed by atoms with Crippen molar-refractivity contribution in [1.29, 1.82) is 0 Å². The van der Waals surface area contributed by atoms with Crippen molar-refractivity contribution in [1.82, 2.24) is 31.9 Å². The Kier molecular flexibility index (Phi) is 22.1. The molecule has 0 aromatic rings. The summed E-state index contributed by atoms with van der Waals surface area (Å²) in [7, 11) is 0. The third-order valence-electron chi connectivity index (χ3n) is 6.53. The van der Waals surface area contributed by atoms with Crippen molar-refractivity contribution in [3.63, 3.8) is 0 Å². The number of carboxylic acid groups (broad SMARTS) is 1. The quantitative estimate of drug-likeness (QED) is 0.0609. The van der Waals surface area contributed by atoms with Gasteiger partial charge in [0.1, 0.15) is 30.9 Å². The van der Waals surface area contributed by atoms with Crippen LogP contribution in [0.25, 0.3) is 0 Å². The molecule has 0 spiro atoms. The molecule has 1 aliphatic heterocycles. The molecule has 20 nitrogen and oxygen atoms in total. The van der Waals surface area contributed by atoms with Crippen LogP contribution in [-0.4, -0.2) is 122 Å². The molecule has 23 heteroatoms. The first-order valence-corrected chi connectivity index (χ1v) is 15.5. The van der Waals surface area contributed by atoms with E-state index in [2.05, 4.69) is 36.9 Å². The number of halogens is 3. The Morgan fingerprint density at radius 3 is 1.84 bits per heavy atom. The number of alkyl halides is 3. The number of aliphatic carboxylic acids is 1. The summed E-state index contributed by atoms with van der Waals surface area (Å²) >= 11 is 0. The predicted octanol–water partition coefficient (Wildman–Crippen LogP) is -4.28. The maximum absolute atomic E-state index is 13.3. The second-order valence-electron chi connectivity index (χ2n) is 10.7. The highest BCUT2D eigenvalue weighted by Crippen LogP contribution is 2.13. The van der Waals surface area contributed by atoms with Crippen molar-refractivity contribution in [2.75, 3.05) is 39.5 Å². The molecule has 1 heterocycles. The van der Waals surface area contributed by atoms with E-state index in [1.165, 1.54) is 6.92 Å². The Hall–Kier alpha value is -4.77. The largest absolute Gasteiger partial charge is 0.490 e. The summed E-state index contributed by atoms with van der Waals surface area (Å²) in [6.07, 6.45) is -2.24. The van der Waals surface area contributed by atoms with E-state index in [9.17, 15) is 41.9 Å². The molecule has 0 radical (unpaired) electrons. The van der Waals surface area contributed by atoms with E-state index in [4.69, 9.17) is 37.6 Å². The average Bonchev–Trinajstić information content (AvgIpc) is 3.03. The Balaban J connectivity index is 0.00000308. The molecule has 0 saturated carbocycles. The molecule has 0 unspecified atom stereocenters. The van der Waals surface area contributed by atoms with E-state index in [1.54, 1.807) is 0 Å². The molecule has 1 rings (SSSR count). The summed E-state index contributed by atoms with van der Waals surface area (Å²) in [6.45, 7) is 0.976. The lowest BCUT2D eigenvalue weighted by Crippen LogP contribution is -2.56. The van der Waals surface area contributed by atoms with Gasteiger partial charge in [-0.2, -0.15) is 13.2 Å². The first kappa shape index (κ1) is 45.2. The fraction of sp³-hybridized carbons (Fsp3) is 0.704. The Morgan fingerprint density at radius 2 is 1.32 bits per heavy atom. The van der Waals surface area contributed by atoms with Gasteiger partial charge in [-0.15, -0.1) is 0 Å². The first-order valence-electron chi connectivity index (χ1n) is 15.5. The van der Waals surface area contributed by atoms with Crippen LogP contribution in [-0.2, 0) is 38.3 Å². The monoisotopic (exact) mass is 727 g/mol. The highest BCUT2D eigenvalue weighted by Gasteiger charge is 2.38. The third-order valence-corrected chi connectivity index (χ3v) is 6.53. The standard InChI is InChI=1S/C25H47N11O7.C2HF3O2/c1-15-21(39)34-17(7-3-5-10-27)24(42)35-16(6-2-4-9-26)23(41)32-14-43-11-8-18(36-25(28)29)22(40)31-12-19(37)30-13-20(38)33-15;3-2(4,5)1(6)7/h15-18H,2-14,26-27H2,1H3,(H,30,37)(H,31,40)(H,32,41)(H,33,38)(H,34,39)(H,35,42)(H4,28,29,36);(H,6,7)/t15-,16-,17-,18+;/m0./s1. The number of rotatable bonds is 9. The van der Waals surface area contributed by atoms with Gasteiger partial charge >= 0.3 is 12.1 Å². The highest BCUT2D eigenvalue weighted by molar-refractivity contribution is 5.95. The average molecular weight is 728 g/mol. The minimum absolute atomic E-state index is 0.0162. The maximum atomic E-state index is 13.3. The molecule has 0 aromatic heterocycles. The Morgan fingerprint density at radius 1 is 0.800 bits per heavy atom. The molecule has 0 aromatic carbocycles. The Labute approximate surface area is 285 Å². The predicted molar refractivity (Wildman–Crippen MR) is 170 cm³/mol. The number of carbonyl (C=O) groups is 7. The molecule has 0 aliphatic carbocycles. The number of nitrogens with one attached hydrogen (secondary N) is 6. The molecule has 1 fully saturated rings. The Bertz CT molecular complexity index is 1170. The zero-order valence-corrected chi connectivity index (χ0v) is 27.6. The number of nitrogens with two attached hydrogens (primary N) is 4. The van der Waals surface area contributed by atoms with Gasteiger partial charge in [0, 0.05) is 6.42 Å². The molecule has 50 heavy (non-hydrogen) atoms. The zero-order valence-electron chi connectivity index (χ0n) is 27.6. The summed E-state index contributed by atoms with van der Waals surface area (Å²) in [4.78, 5) is 88.8. The van der Waals surface area contributed by atoms with E-state index in [0.717, 1.165) is 0 Å². The number of nitrogens with zero attached hydrogens (tertiary/aromatic N) is 1. The lowest BCUT2D eigenvalue weighted by molar-refractivity contribution is -0.192. The van der Waals surface area contributed by atoms with Gasteiger partial charge in [-0.25, -0.2) is 9.79 Å². The van der Waals surface area contributed by atoms with Crippen LogP contribution in [0.15, 0.2) is 4.99 Å². The van der Waals surface area contributed by atoms with Crippen LogP contribution in [0.2, 0.25) is 0 Å². The van der Waals surface area contributed by atoms with Crippen molar-refractivity contribution >= 4 is 47.4 Å². The van der Waals surface area contributed by atoms with Crippen molar-refractivity contribution < 1.29 is 56.6 Å². The summed E-state index contributed by atoms with van der Waals surface area (Å²) in [5.41, 5.74) is 22.0. The van der Waals surface area contributed by atoms with Gasteiger partial charge in [0.15, 0.2) is 5.96 Å². The molecule has 0 bridgehead atoms. The number of ether oxygens (including phenoxy) is 1. The molecule has 286 valence electrons. The van der Waals surface area contributed by atoms with E-state index in [1.807, 2.05) is 0 Å². The van der Waals surface area contributed by atoms with Gasteiger partial charge in [-0.1, -0.05) is 0 Å². The molecule has 6 amide bonds. The van der Waals surface area contributed by atoms with Crippen LogP contribution in [0, 0.1) is 0 Å². The summed E-state index contributed by atoms with van der Waals surface area (Å²) in [5.74, 6) is -6.90. The number of guanidine groups is 1. The number of carboxylic acids is 1. The van der Waals surface area contributed by atoms with Crippen molar-refractivity contribution in [2.24, 2.45) is 27.9 Å². The van der Waals surface area contributed by atoms with Crippen molar-refractivity contribution in [3.05, 3.63) is 0 Å². The van der Waals surface area contributed by atoms with Gasteiger partial charge in [0.2, 0.25) is 35.4 Å². The number of hydrogen-bond acceptors (Lipinski definition) is 11. The van der Waals surface area contributed by atoms with Crippen LogP contribution in [0.4, 0.5) is 13.2 Å². The fourth-order valence-electron chi connectivity index (χ4n) is 3.92. The lowest BCUT2D eigenvalue weighted by atomic mass is 10.1. The van der Waals surface area contributed by atoms with Gasteiger partial charge in [-0.3, -0.25) is 28.8 Å². The molecule has 4 atom stereocenters. The molecular formula is C27H48F3N11O9. The normalized spacial score (nSPS) is 22.3. The summed E-state index contributed by atoms with van der Waals surface area (Å²) in [5, 5.41) is 22.2. The number of unbranched alkanes of at least 4 members (excludes halogenated alkanes) is 2. The number of hydrogen-bond donors (Lipinski definition) is 11. The van der Waals surface area contributed by atoms with Crippen LogP contribution >= 0.6 is 0 Å². The van der Waals surface area contributed by atoms with E-state index in [0.29, 0.717) is 38.8 Å². The van der Waals surface area contributed by atoms with Crippen molar-refractivity contribution in [3.8, 4) is 0 Å². The lowest BCUT2D eigenvalue weighted by Gasteiger charge is -2.24. The number of carbonyl (C=O) groups excluding carboxylic acids is 6. The van der Waals surface area contributed by atoms with E-state index < -0.39 is 84.8 Å². The van der Waals surface area contributed by atoms with Gasteiger partial charge < -0.3 is 64.7 Å².